The van der Waals surface area contributed by atoms with Crippen LogP contribution in [0.5, 0.6) is 0 Å². The largest absolute Gasteiger partial charge is 0.355 e. The number of likely N-dealkylation sites (N-methyl/N-ethyl adjacent to an activating group) is 1. The van der Waals surface area contributed by atoms with E-state index in [0.29, 0.717) is 24.2 Å². The van der Waals surface area contributed by atoms with Gasteiger partial charge in [-0.15, -0.1) is 0 Å². The van der Waals surface area contributed by atoms with E-state index in [2.05, 4.69) is 69.4 Å². The Labute approximate surface area is 154 Å². The molecular formula is C20H25N5O. The normalized spacial score (nSPS) is 22.8. The summed E-state index contributed by atoms with van der Waals surface area (Å²) in [4.78, 5) is 25.2. The number of hydrogen-bond acceptors (Lipinski definition) is 5. The third-order valence-corrected chi connectivity index (χ3v) is 5.60. The van der Waals surface area contributed by atoms with Gasteiger partial charge in [0.25, 0.3) is 0 Å². The predicted molar refractivity (Wildman–Crippen MR) is 102 cm³/mol. The van der Waals surface area contributed by atoms with E-state index in [-0.39, 0.29) is 5.91 Å². The molecule has 3 heterocycles. The lowest BCUT2D eigenvalue weighted by molar-refractivity contribution is -0.115. The molecule has 1 saturated heterocycles. The quantitative estimate of drug-likeness (QED) is 0.916. The molecule has 6 heteroatoms. The molecule has 0 spiro atoms. The summed E-state index contributed by atoms with van der Waals surface area (Å²) in [5.41, 5.74) is 2.27. The lowest BCUT2D eigenvalue weighted by Gasteiger charge is -2.42. The summed E-state index contributed by atoms with van der Waals surface area (Å²) in [7, 11) is 2.10. The van der Waals surface area contributed by atoms with Crippen LogP contribution in [0.2, 0.25) is 0 Å². The number of carbonyl (C=O) groups is 1. The number of carbonyl (C=O) groups excluding carboxylic acids is 1. The average molecular weight is 351 g/mol. The Kier molecular flexibility index (Phi) is 4.59. The lowest BCUT2D eigenvalue weighted by atomic mass is 9.91. The monoisotopic (exact) mass is 351 g/mol. The fraction of sp³-hybridized carbons (Fsp3) is 0.450. The minimum Gasteiger partial charge on any atom is -0.355 e. The van der Waals surface area contributed by atoms with Gasteiger partial charge in [-0.3, -0.25) is 9.69 Å². The highest BCUT2D eigenvalue weighted by Crippen LogP contribution is 2.32. The average Bonchev–Trinajstić information content (AvgIpc) is 3.04. The highest BCUT2D eigenvalue weighted by molar-refractivity contribution is 5.99. The molecule has 4 rings (SSSR count). The zero-order chi connectivity index (χ0) is 18.1. The molecule has 0 unspecified atom stereocenters. The van der Waals surface area contributed by atoms with E-state index in [1.54, 1.807) is 6.33 Å². The van der Waals surface area contributed by atoms with Crippen molar-refractivity contribution >= 4 is 17.5 Å². The number of amides is 1. The first-order chi connectivity index (χ1) is 12.6. The SMILES string of the molecule is C[C@@H]1CCN(Cc2ccccc2)C[C@@H]1N(C)c1ncnc2c1CC(=O)N2. The van der Waals surface area contributed by atoms with Crippen molar-refractivity contribution < 1.29 is 4.79 Å². The summed E-state index contributed by atoms with van der Waals surface area (Å²) in [6.45, 7) is 5.39. The fourth-order valence-electron chi connectivity index (χ4n) is 4.08. The fourth-order valence-corrected chi connectivity index (χ4v) is 4.08. The zero-order valence-corrected chi connectivity index (χ0v) is 15.4. The minimum absolute atomic E-state index is 0.00227. The second kappa shape index (κ2) is 7.03. The number of fused-ring (bicyclic) bond motifs is 1. The number of benzene rings is 1. The number of rotatable bonds is 4. The van der Waals surface area contributed by atoms with Crippen LogP contribution in [-0.4, -0.2) is 47.0 Å². The molecule has 2 aliphatic heterocycles. The summed E-state index contributed by atoms with van der Waals surface area (Å²) in [6, 6.07) is 11.0. The standard InChI is InChI=1S/C20H25N5O/c1-14-8-9-25(11-15-6-4-3-5-7-15)12-17(14)24(2)20-16-10-18(26)23-19(16)21-13-22-20/h3-7,13-14,17H,8-12H2,1-2H3,(H,21,22,23,26)/t14-,17+/m1/s1. The van der Waals surface area contributed by atoms with Crippen LogP contribution < -0.4 is 10.2 Å². The molecule has 0 saturated carbocycles. The predicted octanol–water partition coefficient (Wildman–Crippen LogP) is 2.32. The highest BCUT2D eigenvalue weighted by Gasteiger charge is 2.33. The first kappa shape index (κ1) is 17.0. The second-order valence-corrected chi connectivity index (χ2v) is 7.41. The van der Waals surface area contributed by atoms with Crippen LogP contribution in [0, 0.1) is 5.92 Å². The van der Waals surface area contributed by atoms with Crippen LogP contribution >= 0.6 is 0 Å². The zero-order valence-electron chi connectivity index (χ0n) is 15.4. The summed E-state index contributed by atoms with van der Waals surface area (Å²) < 4.78 is 0. The van der Waals surface area contributed by atoms with E-state index in [4.69, 9.17) is 0 Å². The number of likely N-dealkylation sites (tertiary alicyclic amines) is 1. The molecule has 1 N–H and O–H groups in total. The van der Waals surface area contributed by atoms with Gasteiger partial charge >= 0.3 is 0 Å². The first-order valence-electron chi connectivity index (χ1n) is 9.24. The van der Waals surface area contributed by atoms with Crippen molar-refractivity contribution in [3.63, 3.8) is 0 Å². The van der Waals surface area contributed by atoms with Crippen molar-refractivity contribution in [1.82, 2.24) is 14.9 Å². The number of piperidine rings is 1. The van der Waals surface area contributed by atoms with Crippen LogP contribution in [0.3, 0.4) is 0 Å². The van der Waals surface area contributed by atoms with E-state index < -0.39 is 0 Å². The third-order valence-electron chi connectivity index (χ3n) is 5.60. The molecule has 6 nitrogen and oxygen atoms in total. The molecule has 1 aromatic heterocycles. The molecule has 0 aliphatic carbocycles. The molecule has 2 aliphatic rings. The number of aromatic nitrogens is 2. The van der Waals surface area contributed by atoms with Gasteiger partial charge in [0.1, 0.15) is 18.0 Å². The van der Waals surface area contributed by atoms with Crippen LogP contribution in [-0.2, 0) is 17.8 Å². The van der Waals surface area contributed by atoms with Gasteiger partial charge in [0.15, 0.2) is 0 Å². The van der Waals surface area contributed by atoms with Crippen molar-refractivity contribution in [2.75, 3.05) is 30.4 Å². The van der Waals surface area contributed by atoms with Gasteiger partial charge in [-0.2, -0.15) is 0 Å². The maximum atomic E-state index is 11.8. The Bertz CT molecular complexity index is 794. The van der Waals surface area contributed by atoms with E-state index in [9.17, 15) is 4.79 Å². The van der Waals surface area contributed by atoms with Crippen LogP contribution in [0.4, 0.5) is 11.6 Å². The maximum absolute atomic E-state index is 11.8. The molecule has 26 heavy (non-hydrogen) atoms. The summed E-state index contributed by atoms with van der Waals surface area (Å²) in [5.74, 6) is 2.11. The van der Waals surface area contributed by atoms with E-state index in [0.717, 1.165) is 37.4 Å². The Morgan fingerprint density at radius 3 is 2.88 bits per heavy atom. The molecule has 2 aromatic rings. The lowest BCUT2D eigenvalue weighted by Crippen LogP contribution is -2.51. The molecule has 1 fully saturated rings. The van der Waals surface area contributed by atoms with Gasteiger partial charge in [-0.25, -0.2) is 9.97 Å². The number of nitrogens with zero attached hydrogens (tertiary/aromatic N) is 4. The van der Waals surface area contributed by atoms with Gasteiger partial charge in [0.2, 0.25) is 5.91 Å². The van der Waals surface area contributed by atoms with Crippen LogP contribution in [0.15, 0.2) is 36.7 Å². The Hall–Kier alpha value is -2.47. The van der Waals surface area contributed by atoms with Gasteiger partial charge in [-0.05, 0) is 24.4 Å². The van der Waals surface area contributed by atoms with Crippen LogP contribution in [0.25, 0.3) is 0 Å². The number of hydrogen-bond donors (Lipinski definition) is 1. The van der Waals surface area contributed by atoms with Gasteiger partial charge in [-0.1, -0.05) is 37.3 Å². The summed E-state index contributed by atoms with van der Waals surface area (Å²) in [6.07, 6.45) is 3.07. The van der Waals surface area contributed by atoms with Gasteiger partial charge in [0.05, 0.1) is 6.42 Å². The van der Waals surface area contributed by atoms with Crippen LogP contribution in [0.1, 0.15) is 24.5 Å². The minimum atomic E-state index is -0.00227. The molecule has 0 bridgehead atoms. The van der Waals surface area contributed by atoms with E-state index in [1.165, 1.54) is 5.56 Å². The van der Waals surface area contributed by atoms with Crippen molar-refractivity contribution in [3.8, 4) is 0 Å². The molecule has 136 valence electrons. The van der Waals surface area contributed by atoms with E-state index in [1.807, 2.05) is 0 Å². The summed E-state index contributed by atoms with van der Waals surface area (Å²) in [5, 5.41) is 2.82. The van der Waals surface area contributed by atoms with Crippen molar-refractivity contribution in [3.05, 3.63) is 47.8 Å². The van der Waals surface area contributed by atoms with Gasteiger partial charge in [0, 0.05) is 31.7 Å². The van der Waals surface area contributed by atoms with E-state index >= 15 is 0 Å². The molecule has 1 amide bonds. The smallest absolute Gasteiger partial charge is 0.230 e. The second-order valence-electron chi connectivity index (χ2n) is 7.41. The maximum Gasteiger partial charge on any atom is 0.230 e. The summed E-state index contributed by atoms with van der Waals surface area (Å²) >= 11 is 0. The molecule has 0 radical (unpaired) electrons. The Balaban J connectivity index is 1.53. The van der Waals surface area contributed by atoms with Crippen molar-refractivity contribution in [1.29, 1.82) is 0 Å². The van der Waals surface area contributed by atoms with Crippen molar-refractivity contribution in [2.45, 2.75) is 32.4 Å². The molecular weight excluding hydrogens is 326 g/mol. The molecule has 2 atom stereocenters. The highest BCUT2D eigenvalue weighted by atomic mass is 16.1. The topological polar surface area (TPSA) is 61.4 Å². The Morgan fingerprint density at radius 2 is 2.08 bits per heavy atom. The number of anilines is 2. The molecule has 1 aromatic carbocycles. The number of nitrogens with one attached hydrogen (secondary N) is 1. The first-order valence-corrected chi connectivity index (χ1v) is 9.24. The van der Waals surface area contributed by atoms with Gasteiger partial charge < -0.3 is 10.2 Å². The van der Waals surface area contributed by atoms with Crippen molar-refractivity contribution in [2.24, 2.45) is 5.92 Å². The Morgan fingerprint density at radius 1 is 1.27 bits per heavy atom. The third kappa shape index (κ3) is 3.29.